The first-order valence-electron chi connectivity index (χ1n) is 11.7. The molecule has 2 aromatic heterocycles. The van der Waals surface area contributed by atoms with Gasteiger partial charge in [0.1, 0.15) is 17.4 Å². The highest BCUT2D eigenvalue weighted by atomic mass is 35.5. The number of nitrogens with one attached hydrogen (secondary N) is 2. The average molecular weight is 560 g/mol. The number of amides is 2. The molecule has 0 spiro atoms. The fourth-order valence-corrected chi connectivity index (χ4v) is 5.17. The SMILES string of the molecule is CC(C)(Oc1ncc(Cl)cc1Cl)C(=O)NC1C[C@H]2CC[C@@H](C1)N2c1ccc(C(=O)NCC(F)(F)F)cn1. The second-order valence-electron chi connectivity index (χ2n) is 9.69. The zero-order valence-electron chi connectivity index (χ0n) is 20.1. The Bertz CT molecular complexity index is 1150. The van der Waals surface area contributed by atoms with Crippen LogP contribution in [0.2, 0.25) is 10.0 Å². The van der Waals surface area contributed by atoms with Crippen molar-refractivity contribution in [3.8, 4) is 5.88 Å². The summed E-state index contributed by atoms with van der Waals surface area (Å²) in [5.41, 5.74) is -1.18. The Kier molecular flexibility index (Phi) is 7.75. The molecule has 2 bridgehead atoms. The number of pyridine rings is 2. The van der Waals surface area contributed by atoms with Gasteiger partial charge in [0.15, 0.2) is 5.60 Å². The number of carbonyl (C=O) groups excluding carboxylic acids is 2. The number of hydrogen-bond donors (Lipinski definition) is 2. The van der Waals surface area contributed by atoms with E-state index in [0.717, 1.165) is 12.8 Å². The Morgan fingerprint density at radius 1 is 1.11 bits per heavy atom. The first-order chi connectivity index (χ1) is 17.3. The van der Waals surface area contributed by atoms with Crippen molar-refractivity contribution in [1.82, 2.24) is 20.6 Å². The van der Waals surface area contributed by atoms with Crippen molar-refractivity contribution in [3.63, 3.8) is 0 Å². The standard InChI is InChI=1S/C24H26Cl2F3N5O3/c1-23(2,37-21-18(26)7-14(25)11-31-21)22(36)33-15-8-16-4-5-17(9-15)34(16)19-6-3-13(10-30-19)20(35)32-12-24(27,28)29/h3,6-7,10-11,15-17H,4-5,8-9,12H2,1-2H3,(H,32,35)(H,33,36)/t15?,16-,17+. The van der Waals surface area contributed by atoms with Gasteiger partial charge in [0.25, 0.3) is 11.8 Å². The van der Waals surface area contributed by atoms with E-state index < -0.39 is 24.2 Å². The minimum atomic E-state index is -4.48. The number of piperidine rings is 1. The van der Waals surface area contributed by atoms with Crippen LogP contribution in [0.3, 0.4) is 0 Å². The van der Waals surface area contributed by atoms with Crippen LogP contribution in [0.1, 0.15) is 49.9 Å². The molecule has 0 aromatic carbocycles. The topological polar surface area (TPSA) is 96.5 Å². The van der Waals surface area contributed by atoms with E-state index in [-0.39, 0.29) is 40.5 Å². The van der Waals surface area contributed by atoms with E-state index in [0.29, 0.717) is 23.7 Å². The quantitative estimate of drug-likeness (QED) is 0.516. The van der Waals surface area contributed by atoms with Crippen molar-refractivity contribution in [2.75, 3.05) is 11.4 Å². The molecule has 2 aliphatic heterocycles. The van der Waals surface area contributed by atoms with Gasteiger partial charge >= 0.3 is 6.18 Å². The van der Waals surface area contributed by atoms with Gasteiger partial charge in [-0.1, -0.05) is 23.2 Å². The molecule has 2 saturated heterocycles. The van der Waals surface area contributed by atoms with Crippen LogP contribution in [-0.2, 0) is 4.79 Å². The lowest BCUT2D eigenvalue weighted by atomic mass is 9.96. The van der Waals surface area contributed by atoms with Crippen LogP contribution in [-0.4, -0.2) is 58.2 Å². The Balaban J connectivity index is 1.35. The molecular weight excluding hydrogens is 534 g/mol. The van der Waals surface area contributed by atoms with E-state index in [9.17, 15) is 22.8 Å². The fraction of sp³-hybridized carbons (Fsp3) is 0.500. The van der Waals surface area contributed by atoms with Crippen LogP contribution >= 0.6 is 23.2 Å². The van der Waals surface area contributed by atoms with E-state index >= 15 is 0 Å². The van der Waals surface area contributed by atoms with E-state index in [2.05, 4.69) is 20.2 Å². The third kappa shape index (κ3) is 6.56. The minimum Gasteiger partial charge on any atom is -0.460 e. The highest BCUT2D eigenvalue weighted by Crippen LogP contribution is 2.39. The monoisotopic (exact) mass is 559 g/mol. The lowest BCUT2D eigenvalue weighted by Gasteiger charge is -2.40. The molecule has 200 valence electrons. The van der Waals surface area contributed by atoms with E-state index in [1.54, 1.807) is 19.9 Å². The second kappa shape index (κ2) is 10.5. The molecule has 4 heterocycles. The van der Waals surface area contributed by atoms with Gasteiger partial charge in [0, 0.05) is 30.5 Å². The first-order valence-corrected chi connectivity index (χ1v) is 12.5. The summed E-state index contributed by atoms with van der Waals surface area (Å²) in [6.45, 7) is 1.87. The molecule has 2 aliphatic rings. The zero-order valence-corrected chi connectivity index (χ0v) is 21.6. The van der Waals surface area contributed by atoms with Gasteiger partial charge < -0.3 is 20.3 Å². The number of nitrogens with zero attached hydrogens (tertiary/aromatic N) is 3. The molecule has 1 unspecified atom stereocenters. The summed E-state index contributed by atoms with van der Waals surface area (Å²) in [5, 5.41) is 5.48. The predicted molar refractivity (Wildman–Crippen MR) is 132 cm³/mol. The van der Waals surface area contributed by atoms with Gasteiger partial charge in [-0.2, -0.15) is 13.2 Å². The van der Waals surface area contributed by atoms with Gasteiger partial charge in [-0.05, 0) is 57.7 Å². The van der Waals surface area contributed by atoms with Crippen LogP contribution in [0.5, 0.6) is 5.88 Å². The number of ether oxygens (including phenoxy) is 1. The highest BCUT2D eigenvalue weighted by molar-refractivity contribution is 6.35. The molecular formula is C24H26Cl2F3N5O3. The van der Waals surface area contributed by atoms with Crippen LogP contribution in [0, 0.1) is 0 Å². The maximum Gasteiger partial charge on any atom is 0.405 e. The maximum absolute atomic E-state index is 13.1. The van der Waals surface area contributed by atoms with Gasteiger partial charge in [-0.25, -0.2) is 9.97 Å². The molecule has 8 nitrogen and oxygen atoms in total. The summed E-state index contributed by atoms with van der Waals surface area (Å²) in [5.74, 6) is -0.370. The van der Waals surface area contributed by atoms with Gasteiger partial charge in [-0.3, -0.25) is 9.59 Å². The summed E-state index contributed by atoms with van der Waals surface area (Å²) in [7, 11) is 0. The van der Waals surface area contributed by atoms with Gasteiger partial charge in [0.05, 0.1) is 10.6 Å². The number of anilines is 1. The lowest BCUT2D eigenvalue weighted by molar-refractivity contribution is -0.135. The van der Waals surface area contributed by atoms with Crippen LogP contribution in [0.25, 0.3) is 0 Å². The Morgan fingerprint density at radius 3 is 2.35 bits per heavy atom. The third-order valence-corrected chi connectivity index (χ3v) is 6.94. The molecule has 37 heavy (non-hydrogen) atoms. The third-order valence-electron chi connectivity index (χ3n) is 6.47. The first kappa shape index (κ1) is 27.3. The molecule has 2 N–H and O–H groups in total. The summed E-state index contributed by atoms with van der Waals surface area (Å²) < 4.78 is 42.8. The number of fused-ring (bicyclic) bond motifs is 2. The van der Waals surface area contributed by atoms with E-state index in [4.69, 9.17) is 27.9 Å². The van der Waals surface area contributed by atoms with Crippen LogP contribution in [0.4, 0.5) is 19.0 Å². The molecule has 2 amide bonds. The van der Waals surface area contributed by atoms with Crippen LogP contribution < -0.4 is 20.3 Å². The Morgan fingerprint density at radius 2 is 1.78 bits per heavy atom. The molecule has 13 heteroatoms. The van der Waals surface area contributed by atoms with E-state index in [1.807, 2.05) is 5.32 Å². The average Bonchev–Trinajstić information content (AvgIpc) is 3.09. The Labute approximate surface area is 221 Å². The predicted octanol–water partition coefficient (Wildman–Crippen LogP) is 4.55. The molecule has 0 saturated carbocycles. The van der Waals surface area contributed by atoms with Gasteiger partial charge in [0.2, 0.25) is 5.88 Å². The number of halogens is 5. The Hall–Kier alpha value is -2.79. The fourth-order valence-electron chi connectivity index (χ4n) is 4.75. The molecule has 4 rings (SSSR count). The summed E-state index contributed by atoms with van der Waals surface area (Å²) in [6.07, 6.45) is 1.39. The lowest BCUT2D eigenvalue weighted by Crippen LogP contribution is -2.55. The van der Waals surface area contributed by atoms with Crippen molar-refractivity contribution in [2.45, 2.75) is 69.4 Å². The molecule has 3 atom stereocenters. The smallest absolute Gasteiger partial charge is 0.405 e. The molecule has 0 aliphatic carbocycles. The number of aromatic nitrogens is 2. The van der Waals surface area contributed by atoms with E-state index in [1.165, 1.54) is 24.5 Å². The largest absolute Gasteiger partial charge is 0.460 e. The maximum atomic E-state index is 13.1. The zero-order chi connectivity index (χ0) is 27.0. The molecule has 0 radical (unpaired) electrons. The second-order valence-corrected chi connectivity index (χ2v) is 10.5. The van der Waals surface area contributed by atoms with Crippen molar-refractivity contribution in [3.05, 3.63) is 46.2 Å². The summed E-state index contributed by atoms with van der Waals surface area (Å²) in [4.78, 5) is 35.6. The molecule has 2 aromatic rings. The minimum absolute atomic E-state index is 0.0556. The number of hydrogen-bond acceptors (Lipinski definition) is 6. The summed E-state index contributed by atoms with van der Waals surface area (Å²) >= 11 is 12.0. The highest BCUT2D eigenvalue weighted by Gasteiger charge is 2.43. The van der Waals surface area contributed by atoms with Crippen molar-refractivity contribution in [1.29, 1.82) is 0 Å². The summed E-state index contributed by atoms with van der Waals surface area (Å²) in [6, 6.07) is 4.77. The van der Waals surface area contributed by atoms with Crippen molar-refractivity contribution in [2.24, 2.45) is 0 Å². The van der Waals surface area contributed by atoms with Crippen LogP contribution in [0.15, 0.2) is 30.6 Å². The molecule has 2 fully saturated rings. The number of alkyl halides is 3. The number of carbonyl (C=O) groups is 2. The number of rotatable bonds is 7. The van der Waals surface area contributed by atoms with Crippen molar-refractivity contribution < 1.29 is 27.5 Å². The normalized spacial score (nSPS) is 21.5. The van der Waals surface area contributed by atoms with Crippen molar-refractivity contribution >= 4 is 40.8 Å². The van der Waals surface area contributed by atoms with Gasteiger partial charge in [-0.15, -0.1) is 0 Å².